The Labute approximate surface area is 230 Å². The number of fused-ring (bicyclic) bond motifs is 1. The Morgan fingerprint density at radius 1 is 0.975 bits per heavy atom. The first-order valence-electron chi connectivity index (χ1n) is 12.7. The summed E-state index contributed by atoms with van der Waals surface area (Å²) in [6.07, 6.45) is 1.44. The third kappa shape index (κ3) is 5.11. The summed E-state index contributed by atoms with van der Waals surface area (Å²) >= 11 is 0. The fourth-order valence-electron chi connectivity index (χ4n) is 4.67. The molecule has 1 atom stereocenters. The Morgan fingerprint density at radius 2 is 1.68 bits per heavy atom. The topological polar surface area (TPSA) is 107 Å². The molecule has 2 heterocycles. The highest BCUT2D eigenvalue weighted by Crippen LogP contribution is 2.41. The SMILES string of the molecule is CCOc1ccccc1[C@H]1C(C(=O)Nc2ccccc2OC)=C(C)Nc2c(C(=O)Nc3ccc(F)cc3)cnn21. The van der Waals surface area contributed by atoms with Gasteiger partial charge in [0.05, 0.1) is 31.2 Å². The Kier molecular flexibility index (Phi) is 7.50. The molecule has 2 amide bonds. The van der Waals surface area contributed by atoms with Crippen molar-refractivity contribution in [2.75, 3.05) is 29.7 Å². The van der Waals surface area contributed by atoms with Crippen molar-refractivity contribution in [3.8, 4) is 11.5 Å². The van der Waals surface area contributed by atoms with Gasteiger partial charge in [0.1, 0.15) is 34.7 Å². The minimum atomic E-state index is -0.721. The van der Waals surface area contributed by atoms with Crippen molar-refractivity contribution in [3.05, 3.63) is 107 Å². The number of nitrogens with one attached hydrogen (secondary N) is 3. The lowest BCUT2D eigenvalue weighted by atomic mass is 9.93. The fourth-order valence-corrected chi connectivity index (χ4v) is 4.67. The van der Waals surface area contributed by atoms with Crippen LogP contribution in [0.5, 0.6) is 11.5 Å². The maximum atomic E-state index is 13.9. The second kappa shape index (κ2) is 11.3. The molecule has 204 valence electrons. The lowest BCUT2D eigenvalue weighted by Crippen LogP contribution is -2.32. The van der Waals surface area contributed by atoms with Gasteiger partial charge in [-0.25, -0.2) is 9.07 Å². The number of rotatable bonds is 8. The number of amides is 2. The molecule has 9 nitrogen and oxygen atoms in total. The number of allylic oxidation sites excluding steroid dienone is 1. The lowest BCUT2D eigenvalue weighted by Gasteiger charge is -2.31. The van der Waals surface area contributed by atoms with Crippen molar-refractivity contribution in [2.45, 2.75) is 19.9 Å². The number of hydrogen-bond donors (Lipinski definition) is 3. The predicted molar refractivity (Wildman–Crippen MR) is 150 cm³/mol. The number of carbonyl (C=O) groups is 2. The van der Waals surface area contributed by atoms with Crippen LogP contribution in [0.3, 0.4) is 0 Å². The number of aromatic nitrogens is 2. The Hall–Kier alpha value is -5.12. The molecule has 1 aromatic heterocycles. The molecule has 0 radical (unpaired) electrons. The van der Waals surface area contributed by atoms with E-state index in [0.29, 0.717) is 52.1 Å². The molecule has 0 spiro atoms. The molecular formula is C30H28FN5O4. The molecule has 40 heavy (non-hydrogen) atoms. The van der Waals surface area contributed by atoms with Gasteiger partial charge in [-0.05, 0) is 56.3 Å². The molecule has 0 saturated heterocycles. The Morgan fingerprint density at radius 3 is 2.40 bits per heavy atom. The highest BCUT2D eigenvalue weighted by molar-refractivity contribution is 6.09. The molecule has 0 saturated carbocycles. The van der Waals surface area contributed by atoms with Gasteiger partial charge in [-0.15, -0.1) is 0 Å². The molecule has 0 fully saturated rings. The van der Waals surface area contributed by atoms with Crippen molar-refractivity contribution in [3.63, 3.8) is 0 Å². The quantitative estimate of drug-likeness (QED) is 0.268. The number of ether oxygens (including phenoxy) is 2. The van der Waals surface area contributed by atoms with E-state index in [-0.39, 0.29) is 11.5 Å². The van der Waals surface area contributed by atoms with Crippen LogP contribution in [0.4, 0.5) is 21.6 Å². The van der Waals surface area contributed by atoms with Crippen LogP contribution in [0, 0.1) is 5.82 Å². The smallest absolute Gasteiger partial charge is 0.261 e. The lowest BCUT2D eigenvalue weighted by molar-refractivity contribution is -0.113. The van der Waals surface area contributed by atoms with Crippen LogP contribution in [0.25, 0.3) is 0 Å². The second-order valence-corrected chi connectivity index (χ2v) is 9.00. The average molecular weight is 542 g/mol. The summed E-state index contributed by atoms with van der Waals surface area (Å²) < 4.78 is 26.3. The van der Waals surface area contributed by atoms with Crippen molar-refractivity contribution < 1.29 is 23.5 Å². The Balaban J connectivity index is 1.58. The van der Waals surface area contributed by atoms with Crippen LogP contribution in [-0.2, 0) is 4.79 Å². The molecular weight excluding hydrogens is 513 g/mol. The largest absolute Gasteiger partial charge is 0.495 e. The van der Waals surface area contributed by atoms with Gasteiger partial charge in [0.2, 0.25) is 0 Å². The first-order valence-corrected chi connectivity index (χ1v) is 12.7. The molecule has 10 heteroatoms. The molecule has 4 aromatic rings. The summed E-state index contributed by atoms with van der Waals surface area (Å²) in [4.78, 5) is 27.1. The van der Waals surface area contributed by atoms with Crippen molar-refractivity contribution in [1.82, 2.24) is 9.78 Å². The zero-order valence-electron chi connectivity index (χ0n) is 22.2. The number of halogens is 1. The van der Waals surface area contributed by atoms with Gasteiger partial charge in [-0.2, -0.15) is 5.10 Å². The van der Waals surface area contributed by atoms with Gasteiger partial charge in [0.15, 0.2) is 0 Å². The van der Waals surface area contributed by atoms with Gasteiger partial charge in [-0.3, -0.25) is 9.59 Å². The van der Waals surface area contributed by atoms with E-state index in [1.807, 2.05) is 37.3 Å². The number of hydrogen-bond acceptors (Lipinski definition) is 6. The summed E-state index contributed by atoms with van der Waals surface area (Å²) in [6.45, 7) is 4.07. The van der Waals surface area contributed by atoms with Gasteiger partial charge in [-0.1, -0.05) is 30.3 Å². The highest BCUT2D eigenvalue weighted by atomic mass is 19.1. The number of carbonyl (C=O) groups excluding carboxylic acids is 2. The summed E-state index contributed by atoms with van der Waals surface area (Å²) in [5.74, 6) is 0.297. The number of benzene rings is 3. The van der Waals surface area contributed by atoms with Gasteiger partial charge in [0, 0.05) is 16.9 Å². The molecule has 0 unspecified atom stereocenters. The van der Waals surface area contributed by atoms with Crippen LogP contribution < -0.4 is 25.4 Å². The van der Waals surface area contributed by atoms with E-state index in [0.717, 1.165) is 0 Å². The van der Waals surface area contributed by atoms with Crippen molar-refractivity contribution in [1.29, 1.82) is 0 Å². The van der Waals surface area contributed by atoms with E-state index in [1.165, 1.54) is 37.6 Å². The highest BCUT2D eigenvalue weighted by Gasteiger charge is 2.37. The molecule has 1 aliphatic rings. The minimum absolute atomic E-state index is 0.256. The molecule has 0 aliphatic carbocycles. The van der Waals surface area contributed by atoms with Crippen molar-refractivity contribution in [2.24, 2.45) is 0 Å². The fraction of sp³-hybridized carbons (Fsp3) is 0.167. The summed E-state index contributed by atoms with van der Waals surface area (Å²) in [5, 5.41) is 13.5. The molecule has 3 N–H and O–H groups in total. The molecule has 3 aromatic carbocycles. The van der Waals surface area contributed by atoms with Crippen LogP contribution >= 0.6 is 0 Å². The molecule has 1 aliphatic heterocycles. The number of nitrogens with zero attached hydrogens (tertiary/aromatic N) is 2. The van der Waals surface area contributed by atoms with E-state index >= 15 is 0 Å². The van der Waals surface area contributed by atoms with E-state index in [9.17, 15) is 14.0 Å². The number of anilines is 3. The monoisotopic (exact) mass is 541 g/mol. The van der Waals surface area contributed by atoms with E-state index < -0.39 is 17.8 Å². The third-order valence-electron chi connectivity index (χ3n) is 6.48. The summed E-state index contributed by atoms with van der Waals surface area (Å²) in [6, 6.07) is 19.3. The predicted octanol–water partition coefficient (Wildman–Crippen LogP) is 5.61. The average Bonchev–Trinajstić information content (AvgIpc) is 3.38. The van der Waals surface area contributed by atoms with E-state index in [4.69, 9.17) is 9.47 Å². The van der Waals surface area contributed by atoms with Crippen LogP contribution in [-0.4, -0.2) is 35.3 Å². The van der Waals surface area contributed by atoms with Crippen molar-refractivity contribution >= 4 is 29.0 Å². The van der Waals surface area contributed by atoms with Crippen LogP contribution in [0.15, 0.2) is 90.3 Å². The Bertz CT molecular complexity index is 1600. The third-order valence-corrected chi connectivity index (χ3v) is 6.48. The maximum Gasteiger partial charge on any atom is 0.261 e. The zero-order chi connectivity index (χ0) is 28.2. The molecule has 0 bridgehead atoms. The van der Waals surface area contributed by atoms with E-state index in [2.05, 4.69) is 21.0 Å². The summed E-state index contributed by atoms with van der Waals surface area (Å²) in [7, 11) is 1.54. The van der Waals surface area contributed by atoms with Gasteiger partial charge in [0.25, 0.3) is 11.8 Å². The standard InChI is InChI=1S/C30H28FN5O4/c1-4-40-24-11-7-5-9-21(24)27-26(30(38)35-23-10-6-8-12-25(23)39-3)18(2)33-28-22(17-32-36(27)28)29(37)34-20-15-13-19(31)14-16-20/h5-17,27,33H,4H2,1-3H3,(H,34,37)(H,35,38)/t27-/m0/s1. The maximum absolute atomic E-state index is 13.9. The first kappa shape index (κ1) is 26.5. The second-order valence-electron chi connectivity index (χ2n) is 9.00. The minimum Gasteiger partial charge on any atom is -0.495 e. The van der Waals surface area contributed by atoms with Crippen LogP contribution in [0.2, 0.25) is 0 Å². The molecule has 5 rings (SSSR count). The number of methoxy groups -OCH3 is 1. The van der Waals surface area contributed by atoms with Gasteiger partial charge < -0.3 is 25.4 Å². The normalized spacial score (nSPS) is 14.2. The first-order chi connectivity index (χ1) is 19.4. The van der Waals surface area contributed by atoms with E-state index in [1.54, 1.807) is 29.8 Å². The van der Waals surface area contributed by atoms with Crippen LogP contribution in [0.1, 0.15) is 35.8 Å². The number of para-hydroxylation sites is 3. The summed E-state index contributed by atoms with van der Waals surface area (Å²) in [5.41, 5.74) is 2.82. The zero-order valence-corrected chi connectivity index (χ0v) is 22.2. The van der Waals surface area contributed by atoms with Gasteiger partial charge >= 0.3 is 0 Å².